The Balaban J connectivity index is 2.64. The number of nitrogens with two attached hydrogens (primary N) is 2. The first-order valence-electron chi connectivity index (χ1n) is 4.71. The maximum Gasteiger partial charge on any atom is 0.270 e. The molecule has 0 saturated heterocycles. The molecule has 0 radical (unpaired) electrons. The molecule has 0 spiro atoms. The Hall–Kier alpha value is -1.31. The predicted molar refractivity (Wildman–Crippen MR) is 55.3 cm³/mol. The lowest BCUT2D eigenvalue weighted by atomic mass is 10.1. The lowest BCUT2D eigenvalue weighted by molar-refractivity contribution is -0.114. The van der Waals surface area contributed by atoms with Crippen molar-refractivity contribution in [3.63, 3.8) is 0 Å². The zero-order chi connectivity index (χ0) is 9.68. The van der Waals surface area contributed by atoms with E-state index >= 15 is 0 Å². The number of aryl methyl sites for hydroxylation is 1. The van der Waals surface area contributed by atoms with E-state index in [0.717, 1.165) is 12.0 Å². The van der Waals surface area contributed by atoms with E-state index in [1.54, 1.807) is 0 Å². The molecule has 4 N–H and O–H groups in total. The summed E-state index contributed by atoms with van der Waals surface area (Å²) in [6.45, 7) is 2.19. The summed E-state index contributed by atoms with van der Waals surface area (Å²) >= 11 is 0. The van der Waals surface area contributed by atoms with Gasteiger partial charge in [0.1, 0.15) is 0 Å². The van der Waals surface area contributed by atoms with Gasteiger partial charge in [0.2, 0.25) is 0 Å². The monoisotopic (exact) mass is 177 g/mol. The van der Waals surface area contributed by atoms with Crippen LogP contribution in [0.1, 0.15) is 30.9 Å². The second-order valence-electron chi connectivity index (χ2n) is 3.26. The Kier molecular flexibility index (Phi) is 3.50. The first kappa shape index (κ1) is 9.78. The largest absolute Gasteiger partial charge is 0.287 e. The third-order valence-electron chi connectivity index (χ3n) is 2.11. The van der Waals surface area contributed by atoms with Gasteiger partial charge >= 0.3 is 0 Å². The van der Waals surface area contributed by atoms with Crippen molar-refractivity contribution >= 4 is 5.84 Å². The predicted octanol–water partition coefficient (Wildman–Crippen LogP) is 0.494. The molecule has 0 aliphatic carbocycles. The summed E-state index contributed by atoms with van der Waals surface area (Å²) in [5, 5.41) is 5.46. The molecule has 0 atom stereocenters. The molecule has 70 valence electrons. The van der Waals surface area contributed by atoms with Crippen LogP contribution in [0.25, 0.3) is 0 Å². The van der Waals surface area contributed by atoms with Crippen molar-refractivity contribution < 1.29 is 5.41 Å². The van der Waals surface area contributed by atoms with E-state index in [1.165, 1.54) is 18.4 Å². The van der Waals surface area contributed by atoms with Crippen molar-refractivity contribution in [3.8, 4) is 0 Å². The highest BCUT2D eigenvalue weighted by Crippen LogP contribution is 2.06. The molecule has 2 nitrogen and oxygen atoms in total. The number of amidine groups is 1. The first-order valence-corrected chi connectivity index (χ1v) is 4.71. The molecule has 2 heteroatoms. The van der Waals surface area contributed by atoms with E-state index < -0.39 is 0 Å². The average Bonchev–Trinajstić information content (AvgIpc) is 2.15. The fourth-order valence-electron chi connectivity index (χ4n) is 1.24. The van der Waals surface area contributed by atoms with Crippen LogP contribution in [0, 0.1) is 0 Å². The Morgan fingerprint density at radius 3 is 2.38 bits per heavy atom. The molecule has 0 aliphatic heterocycles. The zero-order valence-electron chi connectivity index (χ0n) is 8.09. The van der Waals surface area contributed by atoms with Gasteiger partial charge in [-0.3, -0.25) is 11.1 Å². The van der Waals surface area contributed by atoms with Crippen LogP contribution in [0.2, 0.25) is 0 Å². The number of hydrogen-bond donors (Lipinski definition) is 2. The lowest BCUT2D eigenvalue weighted by Gasteiger charge is -1.99. The van der Waals surface area contributed by atoms with Gasteiger partial charge in [0.15, 0.2) is 0 Å². The summed E-state index contributed by atoms with van der Waals surface area (Å²) in [4.78, 5) is 0. The van der Waals surface area contributed by atoms with Crippen LogP contribution in [0.15, 0.2) is 24.3 Å². The molecule has 0 amide bonds. The molecule has 0 bridgehead atoms. The summed E-state index contributed by atoms with van der Waals surface area (Å²) in [5.41, 5.74) is 7.73. The topological polar surface area (TPSA) is 51.6 Å². The van der Waals surface area contributed by atoms with Crippen molar-refractivity contribution in [2.24, 2.45) is 5.73 Å². The molecule has 0 unspecified atom stereocenters. The van der Waals surface area contributed by atoms with Gasteiger partial charge in [-0.1, -0.05) is 25.5 Å². The Morgan fingerprint density at radius 1 is 1.31 bits per heavy atom. The SMILES string of the molecule is CCCCc1ccc(C(N)=[NH2+])cc1. The summed E-state index contributed by atoms with van der Waals surface area (Å²) < 4.78 is 0. The summed E-state index contributed by atoms with van der Waals surface area (Å²) in [7, 11) is 0. The third kappa shape index (κ3) is 2.90. The van der Waals surface area contributed by atoms with Crippen molar-refractivity contribution in [3.05, 3.63) is 35.4 Å². The van der Waals surface area contributed by atoms with Crippen molar-refractivity contribution in [2.45, 2.75) is 26.2 Å². The molecule has 0 saturated carbocycles. The van der Waals surface area contributed by atoms with E-state index in [2.05, 4.69) is 19.1 Å². The zero-order valence-corrected chi connectivity index (χ0v) is 8.09. The van der Waals surface area contributed by atoms with Gasteiger partial charge in [0, 0.05) is 0 Å². The molecular weight excluding hydrogens is 160 g/mol. The van der Waals surface area contributed by atoms with Crippen molar-refractivity contribution in [2.75, 3.05) is 0 Å². The van der Waals surface area contributed by atoms with Crippen LogP contribution in [0.5, 0.6) is 0 Å². The maximum absolute atomic E-state index is 5.46. The fraction of sp³-hybridized carbons (Fsp3) is 0.364. The Bertz CT molecular complexity index is 275. The minimum absolute atomic E-state index is 0.391. The molecule has 0 aliphatic rings. The molecule has 0 heterocycles. The second kappa shape index (κ2) is 4.65. The standard InChI is InChI=1S/C11H16N2/c1-2-3-4-9-5-7-10(8-6-9)11(12)13/h5-8H,2-4H2,1H3,(H3,12,13)/p+1. The molecule has 0 fully saturated rings. The number of rotatable bonds is 4. The smallest absolute Gasteiger partial charge is 0.270 e. The number of unbranched alkanes of at least 4 members (excludes halogenated alkanes) is 1. The molecule has 1 aromatic carbocycles. The van der Waals surface area contributed by atoms with Crippen molar-refractivity contribution in [1.29, 1.82) is 0 Å². The van der Waals surface area contributed by atoms with E-state index in [4.69, 9.17) is 11.1 Å². The van der Waals surface area contributed by atoms with E-state index in [1.807, 2.05) is 12.1 Å². The highest BCUT2D eigenvalue weighted by Gasteiger charge is 1.99. The van der Waals surface area contributed by atoms with Gasteiger partial charge in [0.05, 0.1) is 5.56 Å². The van der Waals surface area contributed by atoms with E-state index in [0.29, 0.717) is 5.84 Å². The number of benzene rings is 1. The average molecular weight is 177 g/mol. The van der Waals surface area contributed by atoms with Gasteiger partial charge in [-0.15, -0.1) is 0 Å². The summed E-state index contributed by atoms with van der Waals surface area (Å²) in [6, 6.07) is 8.12. The normalized spacial score (nSPS) is 9.92. The highest BCUT2D eigenvalue weighted by atomic mass is 14.7. The van der Waals surface area contributed by atoms with Crippen LogP contribution in [-0.4, -0.2) is 5.84 Å². The number of hydrogen-bond acceptors (Lipinski definition) is 0. The van der Waals surface area contributed by atoms with Crippen molar-refractivity contribution in [1.82, 2.24) is 0 Å². The molecule has 1 rings (SSSR count). The van der Waals surface area contributed by atoms with Gasteiger partial charge < -0.3 is 0 Å². The van der Waals surface area contributed by atoms with Crippen LogP contribution in [0.3, 0.4) is 0 Å². The van der Waals surface area contributed by atoms with Crippen LogP contribution in [0.4, 0.5) is 0 Å². The Morgan fingerprint density at radius 2 is 1.92 bits per heavy atom. The minimum atomic E-state index is 0.391. The van der Waals surface area contributed by atoms with Gasteiger partial charge in [0.25, 0.3) is 5.84 Å². The highest BCUT2D eigenvalue weighted by molar-refractivity contribution is 5.92. The van der Waals surface area contributed by atoms with Gasteiger partial charge in [-0.05, 0) is 30.5 Å². The Labute approximate surface area is 79.3 Å². The molecule has 13 heavy (non-hydrogen) atoms. The van der Waals surface area contributed by atoms with E-state index in [9.17, 15) is 0 Å². The lowest BCUT2D eigenvalue weighted by Crippen LogP contribution is -2.46. The van der Waals surface area contributed by atoms with Gasteiger partial charge in [-0.2, -0.15) is 0 Å². The van der Waals surface area contributed by atoms with Gasteiger partial charge in [-0.25, -0.2) is 0 Å². The third-order valence-corrected chi connectivity index (χ3v) is 2.11. The van der Waals surface area contributed by atoms with Crippen LogP contribution < -0.4 is 11.1 Å². The van der Waals surface area contributed by atoms with E-state index in [-0.39, 0.29) is 0 Å². The van der Waals surface area contributed by atoms with Crippen LogP contribution >= 0.6 is 0 Å². The summed E-state index contributed by atoms with van der Waals surface area (Å²) in [6.07, 6.45) is 3.61. The molecular formula is C11H17N2+. The minimum Gasteiger partial charge on any atom is -0.287 e. The maximum atomic E-state index is 5.46. The molecule has 1 aromatic rings. The second-order valence-corrected chi connectivity index (χ2v) is 3.26. The first-order chi connectivity index (χ1) is 6.24. The fourth-order valence-corrected chi connectivity index (χ4v) is 1.24. The summed E-state index contributed by atoms with van der Waals surface area (Å²) in [5.74, 6) is 0.391. The van der Waals surface area contributed by atoms with Crippen LogP contribution in [-0.2, 0) is 6.42 Å². The quantitative estimate of drug-likeness (QED) is 0.510. The molecule has 0 aromatic heterocycles.